The van der Waals surface area contributed by atoms with Gasteiger partial charge in [0.2, 0.25) is 0 Å². The average Bonchev–Trinajstić information content (AvgIpc) is 2.40. The Kier molecular flexibility index (Phi) is 2.73. The van der Waals surface area contributed by atoms with Crippen LogP contribution in [-0.4, -0.2) is 12.3 Å². The number of hydrogen-bond acceptors (Lipinski definition) is 3. The van der Waals surface area contributed by atoms with E-state index in [2.05, 4.69) is 0 Å². The van der Waals surface area contributed by atoms with Crippen molar-refractivity contribution in [3.8, 4) is 0 Å². The van der Waals surface area contributed by atoms with Gasteiger partial charge in [0.1, 0.15) is 5.82 Å². The second kappa shape index (κ2) is 3.89. The molecule has 0 spiro atoms. The maximum Gasteiger partial charge on any atom is 0.178 e. The predicted molar refractivity (Wildman–Crippen MR) is 53.4 cm³/mol. The molecule has 0 fully saturated rings. The van der Waals surface area contributed by atoms with E-state index in [9.17, 15) is 4.39 Å². The van der Waals surface area contributed by atoms with E-state index >= 15 is 0 Å². The fourth-order valence-corrected chi connectivity index (χ4v) is 1.49. The van der Waals surface area contributed by atoms with Crippen molar-refractivity contribution >= 4 is 0 Å². The van der Waals surface area contributed by atoms with E-state index in [1.165, 1.54) is 12.1 Å². The minimum absolute atomic E-state index is 0.256. The van der Waals surface area contributed by atoms with Crippen LogP contribution in [0.3, 0.4) is 0 Å². The van der Waals surface area contributed by atoms with Gasteiger partial charge in [-0.25, -0.2) is 4.39 Å². The Morgan fingerprint density at radius 1 is 1.33 bits per heavy atom. The van der Waals surface area contributed by atoms with Crippen molar-refractivity contribution in [2.45, 2.75) is 25.9 Å². The van der Waals surface area contributed by atoms with Crippen molar-refractivity contribution in [2.24, 2.45) is 5.73 Å². The highest BCUT2D eigenvalue weighted by atomic mass is 19.1. The molecule has 1 aliphatic rings. The van der Waals surface area contributed by atoms with Crippen LogP contribution in [-0.2, 0) is 22.7 Å². The number of halogens is 1. The number of benzene rings is 1. The summed E-state index contributed by atoms with van der Waals surface area (Å²) in [6.45, 7) is 2.81. The van der Waals surface area contributed by atoms with Gasteiger partial charge in [0, 0.05) is 6.54 Å². The second-order valence-corrected chi connectivity index (χ2v) is 3.83. The molecular weight excluding hydrogens is 197 g/mol. The molecule has 1 unspecified atom stereocenters. The molecule has 0 saturated heterocycles. The van der Waals surface area contributed by atoms with E-state index in [0.717, 1.165) is 11.1 Å². The van der Waals surface area contributed by atoms with Crippen LogP contribution >= 0.6 is 0 Å². The van der Waals surface area contributed by atoms with E-state index in [4.69, 9.17) is 15.2 Å². The molecule has 4 heteroatoms. The van der Waals surface area contributed by atoms with Gasteiger partial charge in [-0.2, -0.15) is 0 Å². The van der Waals surface area contributed by atoms with Crippen LogP contribution in [0.5, 0.6) is 0 Å². The van der Waals surface area contributed by atoms with E-state index in [1.54, 1.807) is 13.0 Å². The third kappa shape index (κ3) is 2.17. The highest BCUT2D eigenvalue weighted by Crippen LogP contribution is 2.24. The van der Waals surface area contributed by atoms with E-state index in [1.807, 2.05) is 0 Å². The van der Waals surface area contributed by atoms with Crippen molar-refractivity contribution < 1.29 is 13.9 Å². The zero-order valence-electron chi connectivity index (χ0n) is 8.63. The minimum Gasteiger partial charge on any atom is -0.344 e. The fourth-order valence-electron chi connectivity index (χ4n) is 1.49. The summed E-state index contributed by atoms with van der Waals surface area (Å²) >= 11 is 0. The van der Waals surface area contributed by atoms with Crippen LogP contribution in [0, 0.1) is 5.82 Å². The van der Waals surface area contributed by atoms with Crippen molar-refractivity contribution in [2.75, 3.05) is 6.54 Å². The molecule has 0 bridgehead atoms. The van der Waals surface area contributed by atoms with Gasteiger partial charge in [-0.05, 0) is 30.2 Å². The van der Waals surface area contributed by atoms with E-state index < -0.39 is 5.79 Å². The topological polar surface area (TPSA) is 44.5 Å². The zero-order valence-corrected chi connectivity index (χ0v) is 8.63. The molecule has 0 aliphatic carbocycles. The van der Waals surface area contributed by atoms with Crippen LogP contribution in [0.1, 0.15) is 18.1 Å². The third-order valence-corrected chi connectivity index (χ3v) is 2.61. The van der Waals surface area contributed by atoms with Crippen molar-refractivity contribution in [1.29, 1.82) is 0 Å². The second-order valence-electron chi connectivity index (χ2n) is 3.83. The Hall–Kier alpha value is -0.970. The summed E-state index contributed by atoms with van der Waals surface area (Å²) in [7, 11) is 0. The van der Waals surface area contributed by atoms with Gasteiger partial charge in [0.05, 0.1) is 13.2 Å². The Balaban J connectivity index is 2.25. The molecule has 1 atom stereocenters. The molecule has 2 N–H and O–H groups in total. The standard InChI is InChI=1S/C11H14FNO2/c1-11(7-13)14-5-8-2-3-10(12)4-9(8)6-15-11/h2-4H,5-7,13H2,1H3. The summed E-state index contributed by atoms with van der Waals surface area (Å²) in [6, 6.07) is 4.62. The van der Waals surface area contributed by atoms with Crippen LogP contribution < -0.4 is 5.73 Å². The van der Waals surface area contributed by atoms with Crippen LogP contribution in [0.4, 0.5) is 4.39 Å². The number of nitrogens with two attached hydrogens (primary N) is 1. The molecule has 1 aromatic carbocycles. The highest BCUT2D eigenvalue weighted by Gasteiger charge is 2.27. The number of rotatable bonds is 1. The summed E-state index contributed by atoms with van der Waals surface area (Å²) in [6.07, 6.45) is 0. The van der Waals surface area contributed by atoms with Crippen LogP contribution in [0.2, 0.25) is 0 Å². The van der Waals surface area contributed by atoms with Gasteiger partial charge in [0.15, 0.2) is 5.79 Å². The van der Waals surface area contributed by atoms with Gasteiger partial charge in [-0.3, -0.25) is 0 Å². The summed E-state index contributed by atoms with van der Waals surface area (Å²) in [5, 5.41) is 0. The lowest BCUT2D eigenvalue weighted by molar-refractivity contribution is -0.224. The lowest BCUT2D eigenvalue weighted by Gasteiger charge is -2.25. The number of hydrogen-bond donors (Lipinski definition) is 1. The smallest absolute Gasteiger partial charge is 0.178 e. The van der Waals surface area contributed by atoms with Crippen molar-refractivity contribution in [3.63, 3.8) is 0 Å². The summed E-state index contributed by atoms with van der Waals surface area (Å²) in [5.74, 6) is -1.02. The molecule has 0 amide bonds. The van der Waals surface area contributed by atoms with Gasteiger partial charge < -0.3 is 15.2 Å². The lowest BCUT2D eigenvalue weighted by Crippen LogP contribution is -2.39. The zero-order chi connectivity index (χ0) is 10.9. The Labute approximate surface area is 88.0 Å². The molecule has 3 nitrogen and oxygen atoms in total. The van der Waals surface area contributed by atoms with Gasteiger partial charge >= 0.3 is 0 Å². The summed E-state index contributed by atoms with van der Waals surface area (Å²) < 4.78 is 24.0. The maximum atomic E-state index is 13.0. The SMILES string of the molecule is CC1(CN)OCc2ccc(F)cc2CO1. The lowest BCUT2D eigenvalue weighted by atomic mass is 10.1. The highest BCUT2D eigenvalue weighted by molar-refractivity contribution is 5.27. The van der Waals surface area contributed by atoms with Crippen molar-refractivity contribution in [3.05, 3.63) is 35.1 Å². The quantitative estimate of drug-likeness (QED) is 0.766. The molecule has 15 heavy (non-hydrogen) atoms. The minimum atomic E-state index is -0.768. The van der Waals surface area contributed by atoms with Gasteiger partial charge in [0.25, 0.3) is 0 Å². The monoisotopic (exact) mass is 211 g/mol. The molecule has 82 valence electrons. The van der Waals surface area contributed by atoms with Crippen LogP contribution in [0.15, 0.2) is 18.2 Å². The molecule has 0 saturated carbocycles. The first kappa shape index (κ1) is 10.5. The first-order valence-electron chi connectivity index (χ1n) is 4.88. The maximum absolute atomic E-state index is 13.0. The molecule has 1 heterocycles. The molecule has 0 radical (unpaired) electrons. The molecular formula is C11H14FNO2. The van der Waals surface area contributed by atoms with E-state index in [-0.39, 0.29) is 12.4 Å². The average molecular weight is 211 g/mol. The van der Waals surface area contributed by atoms with Gasteiger partial charge in [-0.15, -0.1) is 0 Å². The molecule has 0 aromatic heterocycles. The largest absolute Gasteiger partial charge is 0.344 e. The fraction of sp³-hybridized carbons (Fsp3) is 0.455. The normalized spacial score (nSPS) is 25.8. The molecule has 2 rings (SSSR count). The molecule has 1 aromatic rings. The Morgan fingerprint density at radius 3 is 2.67 bits per heavy atom. The van der Waals surface area contributed by atoms with Crippen LogP contribution in [0.25, 0.3) is 0 Å². The number of ether oxygens (including phenoxy) is 2. The molecule has 1 aliphatic heterocycles. The first-order valence-corrected chi connectivity index (χ1v) is 4.88. The number of fused-ring (bicyclic) bond motifs is 1. The van der Waals surface area contributed by atoms with Gasteiger partial charge in [-0.1, -0.05) is 6.07 Å². The Morgan fingerprint density at radius 2 is 2.00 bits per heavy atom. The Bertz CT molecular complexity index is 370. The van der Waals surface area contributed by atoms with E-state index in [0.29, 0.717) is 13.2 Å². The first-order chi connectivity index (χ1) is 7.13. The summed E-state index contributed by atoms with van der Waals surface area (Å²) in [5.41, 5.74) is 7.33. The predicted octanol–water partition coefficient (Wildman–Crippen LogP) is 1.55. The summed E-state index contributed by atoms with van der Waals surface area (Å²) in [4.78, 5) is 0. The third-order valence-electron chi connectivity index (χ3n) is 2.61. The van der Waals surface area contributed by atoms with Crippen molar-refractivity contribution in [1.82, 2.24) is 0 Å².